The topological polar surface area (TPSA) is 143 Å². The summed E-state index contributed by atoms with van der Waals surface area (Å²) in [5.74, 6) is 0.746. The van der Waals surface area contributed by atoms with Crippen molar-refractivity contribution in [3.05, 3.63) is 83.4 Å². The number of carbonyl (C=O) groups is 1. The number of anilines is 1. The molecule has 0 heterocycles. The van der Waals surface area contributed by atoms with Crippen LogP contribution in [0.3, 0.4) is 0 Å². The van der Waals surface area contributed by atoms with E-state index < -0.39 is 22.1 Å². The summed E-state index contributed by atoms with van der Waals surface area (Å²) in [5.41, 5.74) is 3.61. The normalized spacial score (nSPS) is 15.4. The maximum absolute atomic E-state index is 11.9. The molecule has 0 fully saturated rings. The van der Waals surface area contributed by atoms with Gasteiger partial charge in [-0.2, -0.15) is 0 Å². The predicted molar refractivity (Wildman–Crippen MR) is 155 cm³/mol. The molecule has 0 bridgehead atoms. The minimum Gasteiger partial charge on any atom is -0.491 e. The predicted octanol–water partition coefficient (Wildman–Crippen LogP) is 3.23. The van der Waals surface area contributed by atoms with Crippen LogP contribution in [0.5, 0.6) is 17.2 Å². The number of carboxylic acid groups (broad SMARTS) is 1. The fourth-order valence-corrected chi connectivity index (χ4v) is 5.22. The van der Waals surface area contributed by atoms with E-state index in [0.29, 0.717) is 29.7 Å². The molecule has 0 saturated heterocycles. The van der Waals surface area contributed by atoms with Gasteiger partial charge in [0.05, 0.1) is 11.9 Å². The van der Waals surface area contributed by atoms with Crippen LogP contribution in [0.4, 0.5) is 5.69 Å². The molecule has 4 rings (SSSR count). The van der Waals surface area contributed by atoms with Gasteiger partial charge in [0.15, 0.2) is 6.61 Å². The second kappa shape index (κ2) is 14.2. The first-order valence-corrected chi connectivity index (χ1v) is 15.3. The van der Waals surface area contributed by atoms with E-state index in [1.54, 1.807) is 24.3 Å². The number of nitrogens with one attached hydrogen (secondary N) is 2. The molecule has 0 spiro atoms. The van der Waals surface area contributed by atoms with Gasteiger partial charge in [0, 0.05) is 12.6 Å². The Balaban J connectivity index is 1.23. The van der Waals surface area contributed by atoms with E-state index >= 15 is 0 Å². The first-order chi connectivity index (χ1) is 19.6. The van der Waals surface area contributed by atoms with Crippen molar-refractivity contribution in [3.63, 3.8) is 0 Å². The van der Waals surface area contributed by atoms with Gasteiger partial charge in [-0.25, -0.2) is 13.2 Å². The number of aliphatic hydroxyl groups is 1. The summed E-state index contributed by atoms with van der Waals surface area (Å²) in [7, 11) is -3.55. The number of ether oxygens (including phenoxy) is 3. The molecule has 41 heavy (non-hydrogen) atoms. The van der Waals surface area contributed by atoms with Crippen molar-refractivity contribution in [2.45, 2.75) is 32.0 Å². The lowest BCUT2D eigenvalue weighted by Gasteiger charge is -2.26. The summed E-state index contributed by atoms with van der Waals surface area (Å²) in [6.45, 7) is 1.03. The highest BCUT2D eigenvalue weighted by Gasteiger charge is 2.20. The van der Waals surface area contributed by atoms with Crippen LogP contribution in [-0.2, 0) is 34.3 Å². The zero-order valence-electron chi connectivity index (χ0n) is 22.9. The van der Waals surface area contributed by atoms with Crippen molar-refractivity contribution in [3.8, 4) is 17.2 Å². The minimum atomic E-state index is -3.55. The molecule has 4 N–H and O–H groups in total. The number of sulfonamides is 1. The molecule has 1 aliphatic carbocycles. The highest BCUT2D eigenvalue weighted by Crippen LogP contribution is 2.31. The quantitative estimate of drug-likeness (QED) is 0.212. The number of benzene rings is 3. The van der Waals surface area contributed by atoms with Crippen LogP contribution < -0.4 is 24.2 Å². The van der Waals surface area contributed by atoms with E-state index in [1.165, 1.54) is 11.1 Å². The number of hydrogen-bond donors (Lipinski definition) is 4. The molecule has 0 radical (unpaired) electrons. The largest absolute Gasteiger partial charge is 0.491 e. The Morgan fingerprint density at radius 3 is 2.51 bits per heavy atom. The highest BCUT2D eigenvalue weighted by atomic mass is 32.2. The molecular weight excluding hydrogens is 548 g/mol. The number of aliphatic hydroxyl groups excluding tert-OH is 1. The summed E-state index contributed by atoms with van der Waals surface area (Å²) in [6.07, 6.45) is 3.05. The smallest absolute Gasteiger partial charge is 0.341 e. The summed E-state index contributed by atoms with van der Waals surface area (Å²) in [5, 5.41) is 22.6. The van der Waals surface area contributed by atoms with Gasteiger partial charge in [-0.05, 0) is 72.7 Å². The van der Waals surface area contributed by atoms with Crippen molar-refractivity contribution in [1.29, 1.82) is 0 Å². The molecule has 11 heteroatoms. The second-order valence-corrected chi connectivity index (χ2v) is 11.9. The van der Waals surface area contributed by atoms with E-state index in [1.807, 2.05) is 42.5 Å². The molecule has 10 nitrogen and oxygen atoms in total. The van der Waals surface area contributed by atoms with Crippen molar-refractivity contribution < 1.29 is 37.6 Å². The van der Waals surface area contributed by atoms with Gasteiger partial charge in [-0.1, -0.05) is 36.4 Å². The summed E-state index contributed by atoms with van der Waals surface area (Å²) in [6, 6.07) is 20.1. The van der Waals surface area contributed by atoms with Gasteiger partial charge in [0.25, 0.3) is 0 Å². The van der Waals surface area contributed by atoms with Gasteiger partial charge in [-0.3, -0.25) is 4.72 Å². The van der Waals surface area contributed by atoms with Crippen molar-refractivity contribution >= 4 is 21.7 Å². The SMILES string of the molecule is CS(=O)(=O)Nc1cc(OC[C@@H](O)CNCC2CCc3cc(OCC(=O)O)ccc3C2)ccc1OCc1ccccc1. The van der Waals surface area contributed by atoms with Crippen LogP contribution >= 0.6 is 0 Å². The number of hydrogen-bond acceptors (Lipinski definition) is 8. The second-order valence-electron chi connectivity index (χ2n) is 10.2. The molecule has 220 valence electrons. The maximum Gasteiger partial charge on any atom is 0.341 e. The first-order valence-electron chi connectivity index (χ1n) is 13.4. The molecule has 1 unspecified atom stereocenters. The van der Waals surface area contributed by atoms with Crippen LogP contribution in [-0.4, -0.2) is 63.3 Å². The Hall–Kier alpha value is -3.80. The Morgan fingerprint density at radius 1 is 1.00 bits per heavy atom. The zero-order chi connectivity index (χ0) is 29.2. The fourth-order valence-electron chi connectivity index (χ4n) is 4.66. The third kappa shape index (κ3) is 9.96. The number of carboxylic acids is 1. The molecule has 3 aromatic carbocycles. The number of fused-ring (bicyclic) bond motifs is 1. The summed E-state index contributed by atoms with van der Waals surface area (Å²) >= 11 is 0. The highest BCUT2D eigenvalue weighted by molar-refractivity contribution is 7.92. The summed E-state index contributed by atoms with van der Waals surface area (Å²) in [4.78, 5) is 10.7. The average molecular weight is 585 g/mol. The van der Waals surface area contributed by atoms with Crippen molar-refractivity contribution in [2.75, 3.05) is 37.3 Å². The van der Waals surface area contributed by atoms with E-state index in [0.717, 1.165) is 37.6 Å². The van der Waals surface area contributed by atoms with Crippen LogP contribution in [0, 0.1) is 5.92 Å². The van der Waals surface area contributed by atoms with Crippen molar-refractivity contribution in [1.82, 2.24) is 5.32 Å². The van der Waals surface area contributed by atoms with Crippen LogP contribution in [0.25, 0.3) is 0 Å². The lowest BCUT2D eigenvalue weighted by atomic mass is 9.84. The van der Waals surface area contributed by atoms with E-state index in [4.69, 9.17) is 19.3 Å². The van der Waals surface area contributed by atoms with Crippen LogP contribution in [0.2, 0.25) is 0 Å². The number of rotatable bonds is 15. The van der Waals surface area contributed by atoms with Gasteiger partial charge in [0.2, 0.25) is 10.0 Å². The molecule has 2 atom stereocenters. The van der Waals surface area contributed by atoms with E-state index in [2.05, 4.69) is 10.0 Å². The Labute approximate surface area is 240 Å². The maximum atomic E-state index is 11.9. The summed E-state index contributed by atoms with van der Waals surface area (Å²) < 4.78 is 43.1. The van der Waals surface area contributed by atoms with E-state index in [-0.39, 0.29) is 25.5 Å². The van der Waals surface area contributed by atoms with Gasteiger partial charge >= 0.3 is 5.97 Å². The van der Waals surface area contributed by atoms with Crippen LogP contribution in [0.1, 0.15) is 23.1 Å². The Bertz CT molecular complexity index is 1420. The lowest BCUT2D eigenvalue weighted by molar-refractivity contribution is -0.139. The molecule has 0 amide bonds. The zero-order valence-corrected chi connectivity index (χ0v) is 23.7. The van der Waals surface area contributed by atoms with Gasteiger partial charge < -0.3 is 29.7 Å². The fraction of sp³-hybridized carbons (Fsp3) is 0.367. The monoisotopic (exact) mass is 584 g/mol. The first kappa shape index (κ1) is 30.2. The van der Waals surface area contributed by atoms with Gasteiger partial charge in [-0.15, -0.1) is 0 Å². The lowest BCUT2D eigenvalue weighted by Crippen LogP contribution is -2.35. The van der Waals surface area contributed by atoms with Crippen LogP contribution in [0.15, 0.2) is 66.7 Å². The Morgan fingerprint density at radius 2 is 1.76 bits per heavy atom. The number of aliphatic carboxylic acids is 1. The molecule has 0 aliphatic heterocycles. The van der Waals surface area contributed by atoms with E-state index in [9.17, 15) is 18.3 Å². The molecule has 1 aliphatic rings. The van der Waals surface area contributed by atoms with Gasteiger partial charge in [0.1, 0.15) is 36.6 Å². The molecule has 0 aromatic heterocycles. The molecule has 0 saturated carbocycles. The third-order valence-corrected chi connectivity index (χ3v) is 7.20. The van der Waals surface area contributed by atoms with Crippen molar-refractivity contribution in [2.24, 2.45) is 5.92 Å². The minimum absolute atomic E-state index is 0.0299. The molecular formula is C30H36N2O8S. The number of aryl methyl sites for hydroxylation is 1. The Kier molecular flexibility index (Phi) is 10.4. The molecule has 3 aromatic rings. The standard InChI is InChI=1S/C30H36N2O8S/c1-41(36,37)32-28-15-27(11-12-29(28)40-18-21-5-3-2-4-6-21)38-19-25(33)17-31-16-22-7-8-24-14-26(39-20-30(34)35)10-9-23(24)13-22/h2-6,9-12,14-15,22,25,31-33H,7-8,13,16-20H2,1H3,(H,34,35)/t22?,25-/m0/s1. The third-order valence-electron chi connectivity index (χ3n) is 6.61. The average Bonchev–Trinajstić information content (AvgIpc) is 2.94.